The molecule has 0 unspecified atom stereocenters. The van der Waals surface area contributed by atoms with E-state index in [1.54, 1.807) is 6.07 Å². The van der Waals surface area contributed by atoms with Crippen molar-refractivity contribution in [2.75, 3.05) is 19.0 Å². The van der Waals surface area contributed by atoms with Crippen LogP contribution in [0.1, 0.15) is 16.3 Å². The number of halogens is 3. The first-order valence-electron chi connectivity index (χ1n) is 8.80. The Hall–Kier alpha value is -2.86. The Bertz CT molecular complexity index is 1060. The molecule has 0 spiro atoms. The molecule has 0 saturated heterocycles. The van der Waals surface area contributed by atoms with Crippen molar-refractivity contribution in [1.82, 2.24) is 15.2 Å². The smallest absolute Gasteiger partial charge is 0.416 e. The summed E-state index contributed by atoms with van der Waals surface area (Å²) in [5.41, 5.74) is -0.156. The number of amides is 1. The fourth-order valence-corrected chi connectivity index (χ4v) is 4.11. The summed E-state index contributed by atoms with van der Waals surface area (Å²) in [5, 5.41) is 11.2. The second kappa shape index (κ2) is 9.96. The van der Waals surface area contributed by atoms with Gasteiger partial charge in [0.2, 0.25) is 0 Å². The fraction of sp³-hybridized carbons (Fsp3) is 0.263. The molecule has 31 heavy (non-hydrogen) atoms. The van der Waals surface area contributed by atoms with Crippen LogP contribution in [0.5, 0.6) is 11.5 Å². The number of anilines is 1. The highest BCUT2D eigenvalue weighted by atomic mass is 32.2. The van der Waals surface area contributed by atoms with E-state index in [1.807, 2.05) is 6.92 Å². The molecule has 12 heteroatoms. The Labute approximate surface area is 184 Å². The molecule has 0 bridgehead atoms. The summed E-state index contributed by atoms with van der Waals surface area (Å²) in [6.45, 7) is 1.45. The van der Waals surface area contributed by atoms with Crippen LogP contribution in [0.2, 0.25) is 0 Å². The zero-order chi connectivity index (χ0) is 22.4. The van der Waals surface area contributed by atoms with Crippen LogP contribution < -0.4 is 14.8 Å². The van der Waals surface area contributed by atoms with Crippen LogP contribution in [0.3, 0.4) is 0 Å². The molecule has 0 fully saturated rings. The number of pyridine rings is 1. The van der Waals surface area contributed by atoms with Gasteiger partial charge in [0.1, 0.15) is 5.01 Å². The predicted octanol–water partition coefficient (Wildman–Crippen LogP) is 4.58. The molecule has 3 rings (SSSR count). The van der Waals surface area contributed by atoms with Crippen LogP contribution in [0.4, 0.5) is 18.9 Å². The number of carbonyl (C=O) groups excluding carboxylic acids is 1. The number of hydrogen-bond donors (Lipinski definition) is 1. The molecule has 2 aromatic heterocycles. The van der Waals surface area contributed by atoms with E-state index in [-0.39, 0.29) is 5.69 Å². The normalized spacial score (nSPS) is 11.3. The molecule has 2 heterocycles. The number of nitrogens with one attached hydrogen (secondary N) is 1. The van der Waals surface area contributed by atoms with Crippen molar-refractivity contribution in [3.63, 3.8) is 0 Å². The predicted molar refractivity (Wildman–Crippen MR) is 111 cm³/mol. The maximum Gasteiger partial charge on any atom is 0.416 e. The minimum atomic E-state index is -4.50. The van der Waals surface area contributed by atoms with E-state index in [2.05, 4.69) is 20.5 Å². The van der Waals surface area contributed by atoms with Gasteiger partial charge >= 0.3 is 6.18 Å². The van der Waals surface area contributed by atoms with E-state index < -0.39 is 24.3 Å². The van der Waals surface area contributed by atoms with E-state index in [0.717, 1.165) is 21.5 Å². The van der Waals surface area contributed by atoms with Crippen LogP contribution in [0.25, 0.3) is 0 Å². The zero-order valence-corrected chi connectivity index (χ0v) is 18.0. The van der Waals surface area contributed by atoms with Crippen molar-refractivity contribution in [2.45, 2.75) is 23.2 Å². The number of aromatic nitrogens is 3. The van der Waals surface area contributed by atoms with Gasteiger partial charge in [0.05, 0.1) is 24.6 Å². The van der Waals surface area contributed by atoms with Crippen LogP contribution in [-0.2, 0) is 16.7 Å². The van der Waals surface area contributed by atoms with Gasteiger partial charge in [0, 0.05) is 17.5 Å². The van der Waals surface area contributed by atoms with E-state index in [9.17, 15) is 18.0 Å². The van der Waals surface area contributed by atoms with Crippen LogP contribution in [-0.4, -0.2) is 34.8 Å². The molecule has 1 amide bonds. The summed E-state index contributed by atoms with van der Waals surface area (Å²) in [5.74, 6) is 0.511. The maximum absolute atomic E-state index is 12.8. The molecule has 3 aromatic rings. The molecule has 164 valence electrons. The number of methoxy groups -OCH3 is 1. The Morgan fingerprint density at radius 3 is 2.71 bits per heavy atom. The van der Waals surface area contributed by atoms with E-state index >= 15 is 0 Å². The average Bonchev–Trinajstić information content (AvgIpc) is 3.15. The first-order valence-corrected chi connectivity index (χ1v) is 10.6. The van der Waals surface area contributed by atoms with Gasteiger partial charge in [-0.1, -0.05) is 29.2 Å². The first-order chi connectivity index (χ1) is 14.7. The molecular formula is C19H17F3N4O3S2. The maximum atomic E-state index is 12.8. The van der Waals surface area contributed by atoms with E-state index in [0.29, 0.717) is 22.9 Å². The summed E-state index contributed by atoms with van der Waals surface area (Å²) in [7, 11) is 1.44. The van der Waals surface area contributed by atoms with Gasteiger partial charge in [-0.3, -0.25) is 9.78 Å². The van der Waals surface area contributed by atoms with Crippen molar-refractivity contribution in [3.05, 3.63) is 52.8 Å². The lowest BCUT2D eigenvalue weighted by atomic mass is 10.2. The Morgan fingerprint density at radius 2 is 2.03 bits per heavy atom. The summed E-state index contributed by atoms with van der Waals surface area (Å²) >= 11 is 2.93. The van der Waals surface area contributed by atoms with E-state index in [4.69, 9.17) is 9.47 Å². The van der Waals surface area contributed by atoms with Crippen molar-refractivity contribution in [3.8, 4) is 11.5 Å². The number of hydrogen-bond acceptors (Lipinski definition) is 8. The largest absolute Gasteiger partial charge is 0.491 e. The quantitative estimate of drug-likeness (QED) is 0.482. The summed E-state index contributed by atoms with van der Waals surface area (Å²) < 4.78 is 49.9. The number of benzene rings is 1. The molecule has 0 aliphatic carbocycles. The molecule has 7 nitrogen and oxygen atoms in total. The highest BCUT2D eigenvalue weighted by molar-refractivity contribution is 8.00. The van der Waals surface area contributed by atoms with Crippen molar-refractivity contribution in [2.24, 2.45) is 0 Å². The third kappa shape index (κ3) is 6.56. The minimum absolute atomic E-state index is 0.0227. The van der Waals surface area contributed by atoms with Crippen molar-refractivity contribution in [1.29, 1.82) is 0 Å². The number of alkyl halides is 3. The number of ether oxygens (including phenoxy) is 2. The zero-order valence-electron chi connectivity index (χ0n) is 16.4. The van der Waals surface area contributed by atoms with Gasteiger partial charge in [0.15, 0.2) is 22.4 Å². The van der Waals surface area contributed by atoms with Gasteiger partial charge in [-0.25, -0.2) is 0 Å². The summed E-state index contributed by atoms with van der Waals surface area (Å²) in [6.07, 6.45) is -3.02. The molecule has 0 radical (unpaired) electrons. The lowest BCUT2D eigenvalue weighted by Crippen LogP contribution is -2.20. The van der Waals surface area contributed by atoms with Crippen molar-refractivity contribution >= 4 is 34.7 Å². The molecule has 0 atom stereocenters. The number of rotatable bonds is 8. The number of nitrogens with zero attached hydrogens (tertiary/aromatic N) is 3. The average molecular weight is 470 g/mol. The molecule has 1 N–H and O–H groups in total. The minimum Gasteiger partial charge on any atom is -0.491 e. The lowest BCUT2D eigenvalue weighted by Gasteiger charge is -2.12. The standard InChI is InChI=1S/C19H17F3N4O3S2/c1-11-25-26-18(31-11)30-10-14-7-15(16(28-2)8-23-14)29-9-17(27)24-13-5-3-4-12(6-13)19(20,21)22/h3-8H,9-10H2,1-2H3,(H,24,27). The molecule has 0 saturated carbocycles. The highest BCUT2D eigenvalue weighted by Crippen LogP contribution is 2.32. The van der Waals surface area contributed by atoms with Gasteiger partial charge in [-0.05, 0) is 25.1 Å². The highest BCUT2D eigenvalue weighted by Gasteiger charge is 2.30. The van der Waals surface area contributed by atoms with Crippen LogP contribution in [0, 0.1) is 6.92 Å². The molecule has 0 aliphatic heterocycles. The topological polar surface area (TPSA) is 86.2 Å². The third-order valence-electron chi connectivity index (χ3n) is 3.79. The fourth-order valence-electron chi connectivity index (χ4n) is 2.40. The van der Waals surface area contributed by atoms with Gasteiger partial charge in [0.25, 0.3) is 5.91 Å². The summed E-state index contributed by atoms with van der Waals surface area (Å²) in [6, 6.07) is 6.00. The SMILES string of the molecule is COc1cnc(CSc2nnc(C)s2)cc1OCC(=O)Nc1cccc(C(F)(F)F)c1. The van der Waals surface area contributed by atoms with Gasteiger partial charge in [-0.15, -0.1) is 10.2 Å². The Kier molecular flexibility index (Phi) is 7.33. The van der Waals surface area contributed by atoms with Gasteiger partial charge in [-0.2, -0.15) is 13.2 Å². The molecule has 1 aromatic carbocycles. The molecule has 0 aliphatic rings. The summed E-state index contributed by atoms with van der Waals surface area (Å²) in [4.78, 5) is 16.4. The van der Waals surface area contributed by atoms with E-state index in [1.165, 1.54) is 48.5 Å². The second-order valence-electron chi connectivity index (χ2n) is 6.12. The van der Waals surface area contributed by atoms with Crippen LogP contribution >= 0.6 is 23.1 Å². The van der Waals surface area contributed by atoms with Gasteiger partial charge < -0.3 is 14.8 Å². The number of carbonyl (C=O) groups is 1. The lowest BCUT2D eigenvalue weighted by molar-refractivity contribution is -0.137. The number of thioether (sulfide) groups is 1. The molecular weight excluding hydrogens is 453 g/mol. The van der Waals surface area contributed by atoms with Crippen molar-refractivity contribution < 1.29 is 27.4 Å². The second-order valence-corrected chi connectivity index (χ2v) is 8.52. The van der Waals surface area contributed by atoms with Crippen LogP contribution in [0.15, 0.2) is 40.9 Å². The number of aryl methyl sites for hydroxylation is 1. The monoisotopic (exact) mass is 470 g/mol. The Balaban J connectivity index is 1.61. The third-order valence-corrected chi connectivity index (χ3v) is 5.80. The Morgan fingerprint density at radius 1 is 1.23 bits per heavy atom. The first kappa shape index (κ1) is 22.8.